The van der Waals surface area contributed by atoms with E-state index in [0.29, 0.717) is 11.7 Å². The summed E-state index contributed by atoms with van der Waals surface area (Å²) in [6, 6.07) is 0. The van der Waals surface area contributed by atoms with Crippen LogP contribution >= 0.6 is 0 Å². The summed E-state index contributed by atoms with van der Waals surface area (Å²) in [7, 11) is 0. The SMILES string of the molecule is CCc1cnc2nnc(C3CCNC3)n2c1. The molecule has 5 heteroatoms. The predicted octanol–water partition coefficient (Wildman–Crippen LogP) is 0.764. The van der Waals surface area contributed by atoms with Gasteiger partial charge in [0.2, 0.25) is 0 Å². The van der Waals surface area contributed by atoms with Gasteiger partial charge in [-0.3, -0.25) is 4.40 Å². The highest BCUT2D eigenvalue weighted by Crippen LogP contribution is 2.20. The number of hydrogen-bond acceptors (Lipinski definition) is 4. The second-order valence-corrected chi connectivity index (χ2v) is 4.23. The summed E-state index contributed by atoms with van der Waals surface area (Å²) in [6.07, 6.45) is 6.11. The fraction of sp³-hybridized carbons (Fsp3) is 0.545. The summed E-state index contributed by atoms with van der Waals surface area (Å²) in [4.78, 5) is 4.31. The minimum atomic E-state index is 0.476. The van der Waals surface area contributed by atoms with Crippen LogP contribution < -0.4 is 5.32 Å². The first-order valence-corrected chi connectivity index (χ1v) is 5.78. The van der Waals surface area contributed by atoms with Crippen molar-refractivity contribution in [2.24, 2.45) is 0 Å². The molecule has 1 saturated heterocycles. The van der Waals surface area contributed by atoms with E-state index in [4.69, 9.17) is 0 Å². The Bertz CT molecular complexity index is 498. The van der Waals surface area contributed by atoms with E-state index in [0.717, 1.165) is 31.8 Å². The first-order chi connectivity index (χ1) is 7.88. The first kappa shape index (κ1) is 9.72. The van der Waals surface area contributed by atoms with Crippen molar-refractivity contribution in [3.63, 3.8) is 0 Å². The fourth-order valence-corrected chi connectivity index (χ4v) is 2.18. The van der Waals surface area contributed by atoms with Gasteiger partial charge in [-0.2, -0.15) is 0 Å². The van der Waals surface area contributed by atoms with Crippen molar-refractivity contribution in [3.05, 3.63) is 23.8 Å². The molecule has 1 fully saturated rings. The molecule has 16 heavy (non-hydrogen) atoms. The van der Waals surface area contributed by atoms with E-state index in [9.17, 15) is 0 Å². The lowest BCUT2D eigenvalue weighted by molar-refractivity contribution is 0.689. The second-order valence-electron chi connectivity index (χ2n) is 4.23. The first-order valence-electron chi connectivity index (χ1n) is 5.78. The van der Waals surface area contributed by atoms with Crippen molar-refractivity contribution < 1.29 is 0 Å². The maximum Gasteiger partial charge on any atom is 0.254 e. The van der Waals surface area contributed by atoms with Gasteiger partial charge in [-0.15, -0.1) is 10.2 Å². The van der Waals surface area contributed by atoms with Crippen LogP contribution in [0.15, 0.2) is 12.4 Å². The predicted molar refractivity (Wildman–Crippen MR) is 60.4 cm³/mol. The summed E-state index contributed by atoms with van der Waals surface area (Å²) in [5.74, 6) is 2.23. The number of nitrogens with one attached hydrogen (secondary N) is 1. The molecule has 1 aliphatic rings. The average Bonchev–Trinajstić information content (AvgIpc) is 2.96. The van der Waals surface area contributed by atoms with Gasteiger partial charge in [-0.25, -0.2) is 4.98 Å². The standard InChI is InChI=1S/C11H15N5/c1-2-8-5-13-11-15-14-10(16(11)7-8)9-3-4-12-6-9/h5,7,9,12H,2-4,6H2,1H3. The molecular formula is C11H15N5. The molecule has 1 aliphatic heterocycles. The molecule has 0 radical (unpaired) electrons. The smallest absolute Gasteiger partial charge is 0.254 e. The number of aromatic nitrogens is 4. The number of rotatable bonds is 2. The van der Waals surface area contributed by atoms with Crippen LogP contribution in [0.1, 0.15) is 30.7 Å². The number of aryl methyl sites for hydroxylation is 1. The van der Waals surface area contributed by atoms with Crippen LogP contribution in [0.3, 0.4) is 0 Å². The maximum atomic E-state index is 4.31. The van der Waals surface area contributed by atoms with E-state index in [2.05, 4.69) is 33.6 Å². The van der Waals surface area contributed by atoms with Crippen LogP contribution in [-0.2, 0) is 6.42 Å². The minimum absolute atomic E-state index is 0.476. The van der Waals surface area contributed by atoms with Gasteiger partial charge in [-0.1, -0.05) is 6.92 Å². The third kappa shape index (κ3) is 1.48. The zero-order chi connectivity index (χ0) is 11.0. The molecule has 1 atom stereocenters. The largest absolute Gasteiger partial charge is 0.316 e. The van der Waals surface area contributed by atoms with Crippen LogP contribution in [0.25, 0.3) is 5.78 Å². The lowest BCUT2D eigenvalue weighted by Gasteiger charge is -2.06. The molecule has 2 aromatic heterocycles. The number of nitrogens with zero attached hydrogens (tertiary/aromatic N) is 4. The molecule has 0 bridgehead atoms. The number of hydrogen-bond donors (Lipinski definition) is 1. The second kappa shape index (κ2) is 3.83. The highest BCUT2D eigenvalue weighted by Gasteiger charge is 2.22. The van der Waals surface area contributed by atoms with Crippen LogP contribution in [0.2, 0.25) is 0 Å². The molecule has 0 saturated carbocycles. The molecule has 2 aromatic rings. The quantitative estimate of drug-likeness (QED) is 0.807. The highest BCUT2D eigenvalue weighted by atomic mass is 15.3. The molecule has 0 aromatic carbocycles. The highest BCUT2D eigenvalue weighted by molar-refractivity contribution is 5.30. The molecule has 0 spiro atoms. The monoisotopic (exact) mass is 217 g/mol. The van der Waals surface area contributed by atoms with E-state index in [1.165, 1.54) is 5.56 Å². The van der Waals surface area contributed by atoms with Gasteiger partial charge in [0.25, 0.3) is 5.78 Å². The lowest BCUT2D eigenvalue weighted by atomic mass is 10.1. The zero-order valence-corrected chi connectivity index (χ0v) is 9.35. The van der Waals surface area contributed by atoms with Gasteiger partial charge < -0.3 is 5.32 Å². The summed E-state index contributed by atoms with van der Waals surface area (Å²) in [5, 5.41) is 11.7. The van der Waals surface area contributed by atoms with E-state index >= 15 is 0 Å². The van der Waals surface area contributed by atoms with Crippen molar-refractivity contribution in [2.45, 2.75) is 25.7 Å². The van der Waals surface area contributed by atoms with Crippen LogP contribution in [0.5, 0.6) is 0 Å². The topological polar surface area (TPSA) is 55.1 Å². The van der Waals surface area contributed by atoms with Gasteiger partial charge in [0.1, 0.15) is 5.82 Å². The Morgan fingerprint density at radius 2 is 2.44 bits per heavy atom. The van der Waals surface area contributed by atoms with Gasteiger partial charge in [0, 0.05) is 24.9 Å². The van der Waals surface area contributed by atoms with Gasteiger partial charge in [-0.05, 0) is 24.9 Å². The van der Waals surface area contributed by atoms with E-state index in [1.807, 2.05) is 10.6 Å². The average molecular weight is 217 g/mol. The molecule has 84 valence electrons. The Balaban J connectivity index is 2.09. The van der Waals surface area contributed by atoms with E-state index < -0.39 is 0 Å². The van der Waals surface area contributed by atoms with Crippen LogP contribution in [-0.4, -0.2) is 32.7 Å². The Hall–Kier alpha value is -1.49. The summed E-state index contributed by atoms with van der Waals surface area (Å²) in [5.41, 5.74) is 1.22. The van der Waals surface area contributed by atoms with Crippen LogP contribution in [0.4, 0.5) is 0 Å². The summed E-state index contributed by atoms with van der Waals surface area (Å²) >= 11 is 0. The van der Waals surface area contributed by atoms with Crippen molar-refractivity contribution in [2.75, 3.05) is 13.1 Å². The normalized spacial score (nSPS) is 20.7. The minimum Gasteiger partial charge on any atom is -0.316 e. The molecular weight excluding hydrogens is 202 g/mol. The Morgan fingerprint density at radius 1 is 1.50 bits per heavy atom. The van der Waals surface area contributed by atoms with Crippen molar-refractivity contribution in [1.29, 1.82) is 0 Å². The Labute approximate surface area is 93.9 Å². The van der Waals surface area contributed by atoms with Crippen molar-refractivity contribution >= 4 is 5.78 Å². The third-order valence-electron chi connectivity index (χ3n) is 3.18. The molecule has 5 nitrogen and oxygen atoms in total. The third-order valence-corrected chi connectivity index (χ3v) is 3.18. The molecule has 0 amide bonds. The molecule has 3 heterocycles. The molecule has 0 aliphatic carbocycles. The summed E-state index contributed by atoms with van der Waals surface area (Å²) in [6.45, 7) is 4.20. The fourth-order valence-electron chi connectivity index (χ4n) is 2.18. The van der Waals surface area contributed by atoms with Gasteiger partial charge >= 0.3 is 0 Å². The van der Waals surface area contributed by atoms with Crippen molar-refractivity contribution in [3.8, 4) is 0 Å². The molecule has 1 unspecified atom stereocenters. The zero-order valence-electron chi connectivity index (χ0n) is 9.35. The summed E-state index contributed by atoms with van der Waals surface area (Å²) < 4.78 is 2.04. The molecule has 3 rings (SSSR count). The Kier molecular flexibility index (Phi) is 2.32. The maximum absolute atomic E-state index is 4.31. The van der Waals surface area contributed by atoms with E-state index in [-0.39, 0.29) is 0 Å². The van der Waals surface area contributed by atoms with Gasteiger partial charge in [0.15, 0.2) is 0 Å². The van der Waals surface area contributed by atoms with Crippen LogP contribution in [0, 0.1) is 0 Å². The van der Waals surface area contributed by atoms with Gasteiger partial charge in [0.05, 0.1) is 0 Å². The van der Waals surface area contributed by atoms with Crippen molar-refractivity contribution in [1.82, 2.24) is 24.9 Å². The van der Waals surface area contributed by atoms with E-state index in [1.54, 1.807) is 0 Å². The lowest BCUT2D eigenvalue weighted by Crippen LogP contribution is -2.10. The number of fused-ring (bicyclic) bond motifs is 1. The Morgan fingerprint density at radius 3 is 3.19 bits per heavy atom. The molecule has 1 N–H and O–H groups in total.